The average Bonchev–Trinajstić information content (AvgIpc) is 2.31. The first kappa shape index (κ1) is 15.1. The van der Waals surface area contributed by atoms with Gasteiger partial charge < -0.3 is 10.4 Å². The number of rotatable bonds is 5. The van der Waals surface area contributed by atoms with Gasteiger partial charge in [-0.3, -0.25) is 4.79 Å². The molecule has 0 saturated carbocycles. The Bertz CT molecular complexity index is 423. The predicted molar refractivity (Wildman–Crippen MR) is 71.9 cm³/mol. The minimum Gasteiger partial charge on any atom is -0.396 e. The number of amides is 1. The molecule has 3 nitrogen and oxygen atoms in total. The van der Waals surface area contributed by atoms with E-state index in [0.29, 0.717) is 6.42 Å². The van der Waals surface area contributed by atoms with Gasteiger partial charge in [-0.15, -0.1) is 0 Å². The van der Waals surface area contributed by atoms with Crippen molar-refractivity contribution in [2.45, 2.75) is 26.3 Å². The number of nitrogens with one attached hydrogen (secondary N) is 1. The smallest absolute Gasteiger partial charge is 0.252 e. The summed E-state index contributed by atoms with van der Waals surface area (Å²) >= 11 is 3.06. The molecule has 1 atom stereocenters. The van der Waals surface area contributed by atoms with Gasteiger partial charge in [-0.25, -0.2) is 4.39 Å². The van der Waals surface area contributed by atoms with Gasteiger partial charge in [0, 0.05) is 12.6 Å². The number of hydrogen-bond donors (Lipinski definition) is 2. The molecule has 18 heavy (non-hydrogen) atoms. The van der Waals surface area contributed by atoms with Crippen molar-refractivity contribution in [1.82, 2.24) is 5.32 Å². The van der Waals surface area contributed by atoms with E-state index in [1.54, 1.807) is 6.07 Å². The van der Waals surface area contributed by atoms with Crippen molar-refractivity contribution in [3.63, 3.8) is 0 Å². The number of aliphatic hydroxyl groups excluding tert-OH is 1. The minimum atomic E-state index is -0.467. The summed E-state index contributed by atoms with van der Waals surface area (Å²) in [5.41, 5.74) is 0.263. The normalized spacial score (nSPS) is 12.6. The van der Waals surface area contributed by atoms with Crippen LogP contribution in [0, 0.1) is 11.7 Å². The number of carbonyl (C=O) groups is 1. The Hall–Kier alpha value is -0.940. The molecule has 0 fully saturated rings. The first-order valence-corrected chi connectivity index (χ1v) is 6.62. The lowest BCUT2D eigenvalue weighted by atomic mass is 10.0. The Morgan fingerprint density at radius 1 is 1.50 bits per heavy atom. The van der Waals surface area contributed by atoms with Crippen LogP contribution in [0.4, 0.5) is 4.39 Å². The molecule has 0 aliphatic carbocycles. The molecule has 0 bridgehead atoms. The third kappa shape index (κ3) is 3.78. The van der Waals surface area contributed by atoms with E-state index in [1.165, 1.54) is 12.1 Å². The molecule has 0 saturated heterocycles. The van der Waals surface area contributed by atoms with Crippen LogP contribution >= 0.6 is 15.9 Å². The Balaban J connectivity index is 2.84. The van der Waals surface area contributed by atoms with Crippen molar-refractivity contribution in [1.29, 1.82) is 0 Å². The van der Waals surface area contributed by atoms with Crippen molar-refractivity contribution >= 4 is 21.8 Å². The van der Waals surface area contributed by atoms with Crippen LogP contribution in [0.15, 0.2) is 22.7 Å². The predicted octanol–water partition coefficient (Wildman–Crippen LogP) is 2.73. The molecule has 1 unspecified atom stereocenters. The van der Waals surface area contributed by atoms with E-state index >= 15 is 0 Å². The van der Waals surface area contributed by atoms with Crippen LogP contribution in [0.1, 0.15) is 30.6 Å². The van der Waals surface area contributed by atoms with Gasteiger partial charge in [-0.1, -0.05) is 19.9 Å². The van der Waals surface area contributed by atoms with Crippen molar-refractivity contribution in [2.24, 2.45) is 5.92 Å². The second kappa shape index (κ2) is 6.85. The summed E-state index contributed by atoms with van der Waals surface area (Å²) in [6.45, 7) is 3.93. The fourth-order valence-electron chi connectivity index (χ4n) is 1.64. The zero-order valence-electron chi connectivity index (χ0n) is 10.4. The number of hydrogen-bond acceptors (Lipinski definition) is 2. The van der Waals surface area contributed by atoms with Crippen LogP contribution in [0.3, 0.4) is 0 Å². The van der Waals surface area contributed by atoms with E-state index in [2.05, 4.69) is 21.2 Å². The van der Waals surface area contributed by atoms with E-state index in [0.717, 1.165) is 0 Å². The highest BCUT2D eigenvalue weighted by Crippen LogP contribution is 2.20. The fraction of sp³-hybridized carbons (Fsp3) is 0.462. The van der Waals surface area contributed by atoms with E-state index in [4.69, 9.17) is 5.11 Å². The molecule has 5 heteroatoms. The van der Waals surface area contributed by atoms with Crippen molar-refractivity contribution in [3.05, 3.63) is 34.1 Å². The molecule has 0 heterocycles. The third-order valence-corrected chi connectivity index (χ3v) is 3.56. The van der Waals surface area contributed by atoms with Gasteiger partial charge in [0.15, 0.2) is 0 Å². The molecule has 1 amide bonds. The molecule has 1 aromatic carbocycles. The molecule has 0 aromatic heterocycles. The number of carbonyl (C=O) groups excluding carboxylic acids is 1. The molecular weight excluding hydrogens is 301 g/mol. The lowest BCUT2D eigenvalue weighted by molar-refractivity contribution is 0.0915. The zero-order chi connectivity index (χ0) is 13.7. The molecule has 1 aromatic rings. The fourth-order valence-corrected chi connectivity index (χ4v) is 2.08. The lowest BCUT2D eigenvalue weighted by Crippen LogP contribution is -2.39. The maximum absolute atomic E-state index is 13.3. The zero-order valence-corrected chi connectivity index (χ0v) is 12.0. The lowest BCUT2D eigenvalue weighted by Gasteiger charge is -2.21. The van der Waals surface area contributed by atoms with Gasteiger partial charge in [0.25, 0.3) is 5.91 Å². The summed E-state index contributed by atoms with van der Waals surface area (Å²) < 4.78 is 13.5. The van der Waals surface area contributed by atoms with E-state index < -0.39 is 5.82 Å². The molecule has 0 radical (unpaired) electrons. The van der Waals surface area contributed by atoms with Gasteiger partial charge in [0.05, 0.1) is 10.0 Å². The highest BCUT2D eigenvalue weighted by molar-refractivity contribution is 9.10. The molecule has 0 aliphatic heterocycles. The molecular formula is C13H17BrFNO2. The molecule has 100 valence electrons. The minimum absolute atomic E-state index is 0.00739. The summed E-state index contributed by atoms with van der Waals surface area (Å²) in [6, 6.07) is 4.20. The summed E-state index contributed by atoms with van der Waals surface area (Å²) in [7, 11) is 0. The Morgan fingerprint density at radius 2 is 2.17 bits per heavy atom. The van der Waals surface area contributed by atoms with Crippen LogP contribution < -0.4 is 5.32 Å². The van der Waals surface area contributed by atoms with Gasteiger partial charge in [-0.05, 0) is 40.4 Å². The first-order valence-electron chi connectivity index (χ1n) is 5.83. The molecule has 2 N–H and O–H groups in total. The number of aliphatic hydroxyl groups is 1. The van der Waals surface area contributed by atoms with Crippen molar-refractivity contribution < 1.29 is 14.3 Å². The van der Waals surface area contributed by atoms with E-state index in [1.807, 2.05) is 13.8 Å². The van der Waals surface area contributed by atoms with E-state index in [-0.39, 0.29) is 34.5 Å². The Labute approximate surface area is 115 Å². The molecule has 0 spiro atoms. The Morgan fingerprint density at radius 3 is 2.72 bits per heavy atom. The largest absolute Gasteiger partial charge is 0.396 e. The van der Waals surface area contributed by atoms with Gasteiger partial charge in [0.1, 0.15) is 5.82 Å². The van der Waals surface area contributed by atoms with Crippen LogP contribution in [0.25, 0.3) is 0 Å². The van der Waals surface area contributed by atoms with Crippen LogP contribution in [-0.4, -0.2) is 23.7 Å². The SMILES string of the molecule is CC(C)C(CCO)NC(=O)c1cccc(F)c1Br. The summed E-state index contributed by atoms with van der Waals surface area (Å²) in [5.74, 6) is -0.604. The highest BCUT2D eigenvalue weighted by Gasteiger charge is 2.19. The topological polar surface area (TPSA) is 49.3 Å². The summed E-state index contributed by atoms with van der Waals surface area (Å²) in [5, 5.41) is 11.8. The monoisotopic (exact) mass is 317 g/mol. The van der Waals surface area contributed by atoms with Crippen LogP contribution in [-0.2, 0) is 0 Å². The maximum Gasteiger partial charge on any atom is 0.252 e. The van der Waals surface area contributed by atoms with E-state index in [9.17, 15) is 9.18 Å². The number of halogens is 2. The van der Waals surface area contributed by atoms with Gasteiger partial charge >= 0.3 is 0 Å². The Kier molecular flexibility index (Phi) is 5.75. The summed E-state index contributed by atoms with van der Waals surface area (Å²) in [6.07, 6.45) is 0.482. The maximum atomic E-state index is 13.3. The standard InChI is InChI=1S/C13H17BrFNO2/c1-8(2)11(6-7-17)16-13(18)9-4-3-5-10(15)12(9)14/h3-5,8,11,17H,6-7H2,1-2H3,(H,16,18). The van der Waals surface area contributed by atoms with Gasteiger partial charge in [0.2, 0.25) is 0 Å². The molecule has 0 aliphatic rings. The second-order valence-electron chi connectivity index (χ2n) is 4.44. The average molecular weight is 318 g/mol. The van der Waals surface area contributed by atoms with Crippen molar-refractivity contribution in [2.75, 3.05) is 6.61 Å². The second-order valence-corrected chi connectivity index (χ2v) is 5.23. The quantitative estimate of drug-likeness (QED) is 0.877. The van der Waals surface area contributed by atoms with Crippen molar-refractivity contribution in [3.8, 4) is 0 Å². The highest BCUT2D eigenvalue weighted by atomic mass is 79.9. The van der Waals surface area contributed by atoms with Gasteiger partial charge in [-0.2, -0.15) is 0 Å². The molecule has 1 rings (SSSR count). The third-order valence-electron chi connectivity index (χ3n) is 2.76. The summed E-state index contributed by atoms with van der Waals surface area (Å²) in [4.78, 5) is 12.0. The van der Waals surface area contributed by atoms with Crippen LogP contribution in [0.5, 0.6) is 0 Å². The first-order chi connectivity index (χ1) is 8.47. The van der Waals surface area contributed by atoms with Crippen LogP contribution in [0.2, 0.25) is 0 Å². The number of benzene rings is 1.